The number of aryl methyl sites for hydroxylation is 2. The Bertz CT molecular complexity index is 1450. The third-order valence-electron chi connectivity index (χ3n) is 7.11. The number of rotatable bonds is 7. The van der Waals surface area contributed by atoms with Crippen molar-refractivity contribution in [1.82, 2.24) is 5.16 Å². The molecule has 0 bridgehead atoms. The Hall–Kier alpha value is -4.32. The fourth-order valence-electron chi connectivity index (χ4n) is 4.66. The number of aromatic nitrogens is 1. The lowest BCUT2D eigenvalue weighted by Crippen LogP contribution is -2.16. The SMILES string of the molecule is C=C(O)C1(c2ccc(-c3ccc(-c4onc(C)c4NC(=O)O[C@H](C)c4cccc(C)c4)cc3)cc2)CC1. The average molecular weight is 495 g/mol. The molecule has 1 atom stereocenters. The second-order valence-electron chi connectivity index (χ2n) is 9.74. The van der Waals surface area contributed by atoms with Crippen LogP contribution in [-0.2, 0) is 10.2 Å². The van der Waals surface area contributed by atoms with Gasteiger partial charge in [0.25, 0.3) is 0 Å². The summed E-state index contributed by atoms with van der Waals surface area (Å²) in [6.07, 6.45) is 0.889. The molecule has 1 amide bonds. The van der Waals surface area contributed by atoms with Gasteiger partial charge < -0.3 is 14.4 Å². The molecule has 2 N–H and O–H groups in total. The molecule has 1 aliphatic rings. The Balaban J connectivity index is 1.30. The molecule has 1 aromatic heterocycles. The molecular formula is C31H30N2O4. The zero-order valence-electron chi connectivity index (χ0n) is 21.2. The van der Waals surface area contributed by atoms with Crippen molar-refractivity contribution in [3.63, 3.8) is 0 Å². The zero-order valence-corrected chi connectivity index (χ0v) is 21.2. The summed E-state index contributed by atoms with van der Waals surface area (Å²) in [6, 6.07) is 24.0. The van der Waals surface area contributed by atoms with Crippen molar-refractivity contribution in [2.45, 2.75) is 45.1 Å². The lowest BCUT2D eigenvalue weighted by Gasteiger charge is -2.15. The minimum atomic E-state index is -0.572. The number of anilines is 1. The van der Waals surface area contributed by atoms with Crippen LogP contribution in [0.3, 0.4) is 0 Å². The van der Waals surface area contributed by atoms with Crippen LogP contribution in [0.2, 0.25) is 0 Å². The smallest absolute Gasteiger partial charge is 0.412 e. The van der Waals surface area contributed by atoms with Gasteiger partial charge in [-0.25, -0.2) is 4.79 Å². The van der Waals surface area contributed by atoms with Gasteiger partial charge in [-0.1, -0.05) is 90.1 Å². The molecule has 6 nitrogen and oxygen atoms in total. The molecule has 0 radical (unpaired) electrons. The molecule has 4 aromatic rings. The molecule has 188 valence electrons. The van der Waals surface area contributed by atoms with E-state index in [1.165, 1.54) is 0 Å². The van der Waals surface area contributed by atoms with E-state index in [9.17, 15) is 9.90 Å². The molecular weight excluding hydrogens is 464 g/mol. The first kappa shape index (κ1) is 24.4. The van der Waals surface area contributed by atoms with Crippen molar-refractivity contribution < 1.29 is 19.2 Å². The molecule has 1 heterocycles. The second-order valence-corrected chi connectivity index (χ2v) is 9.74. The zero-order chi connectivity index (χ0) is 26.2. The van der Waals surface area contributed by atoms with Gasteiger partial charge in [0.05, 0.1) is 11.2 Å². The van der Waals surface area contributed by atoms with Gasteiger partial charge in [-0.05, 0) is 55.9 Å². The molecule has 6 heteroatoms. The van der Waals surface area contributed by atoms with E-state index in [1.54, 1.807) is 6.92 Å². The number of nitrogens with zero attached hydrogens (tertiary/aromatic N) is 1. The molecule has 0 spiro atoms. The monoisotopic (exact) mass is 494 g/mol. The summed E-state index contributed by atoms with van der Waals surface area (Å²) in [4.78, 5) is 12.7. The van der Waals surface area contributed by atoms with Gasteiger partial charge in [-0.3, -0.25) is 5.32 Å². The van der Waals surface area contributed by atoms with E-state index < -0.39 is 12.2 Å². The summed E-state index contributed by atoms with van der Waals surface area (Å²) < 4.78 is 11.2. The number of carbonyl (C=O) groups excluding carboxylic acids is 1. The average Bonchev–Trinajstić information content (AvgIpc) is 3.64. The highest BCUT2D eigenvalue weighted by Crippen LogP contribution is 2.52. The highest BCUT2D eigenvalue weighted by Gasteiger charge is 2.47. The minimum absolute atomic E-state index is 0.241. The van der Waals surface area contributed by atoms with Crippen molar-refractivity contribution in [3.8, 4) is 22.5 Å². The molecule has 3 aromatic carbocycles. The van der Waals surface area contributed by atoms with Gasteiger partial charge in [-0.15, -0.1) is 0 Å². The number of hydrogen-bond acceptors (Lipinski definition) is 5. The van der Waals surface area contributed by atoms with Crippen molar-refractivity contribution in [2.75, 3.05) is 5.32 Å². The van der Waals surface area contributed by atoms with Gasteiger partial charge in [0.15, 0.2) is 5.76 Å². The third-order valence-corrected chi connectivity index (χ3v) is 7.11. The molecule has 0 saturated heterocycles. The number of aliphatic hydroxyl groups is 1. The quantitative estimate of drug-likeness (QED) is 0.254. The van der Waals surface area contributed by atoms with E-state index >= 15 is 0 Å². The van der Waals surface area contributed by atoms with Crippen LogP contribution in [0.5, 0.6) is 0 Å². The largest absolute Gasteiger partial charge is 0.512 e. The molecule has 0 unspecified atom stereocenters. The summed E-state index contributed by atoms with van der Waals surface area (Å²) in [5.41, 5.74) is 6.80. The fourth-order valence-corrected chi connectivity index (χ4v) is 4.66. The fraction of sp³-hybridized carbons (Fsp3) is 0.226. The summed E-state index contributed by atoms with van der Waals surface area (Å²) in [6.45, 7) is 9.36. The first-order chi connectivity index (χ1) is 17.8. The second kappa shape index (κ2) is 9.62. The van der Waals surface area contributed by atoms with E-state index in [0.717, 1.165) is 46.2 Å². The van der Waals surface area contributed by atoms with Gasteiger partial charge in [0.1, 0.15) is 17.5 Å². The lowest BCUT2D eigenvalue weighted by atomic mass is 9.92. The number of amides is 1. The molecule has 1 aliphatic carbocycles. The number of hydrogen-bond donors (Lipinski definition) is 2. The van der Waals surface area contributed by atoms with Gasteiger partial charge >= 0.3 is 6.09 Å². The van der Waals surface area contributed by atoms with Crippen molar-refractivity contribution in [3.05, 3.63) is 108 Å². The molecule has 1 fully saturated rings. The summed E-state index contributed by atoms with van der Waals surface area (Å²) in [7, 11) is 0. The van der Waals surface area contributed by atoms with E-state index in [4.69, 9.17) is 9.26 Å². The van der Waals surface area contributed by atoms with Gasteiger partial charge in [0, 0.05) is 5.56 Å². The van der Waals surface area contributed by atoms with Crippen LogP contribution < -0.4 is 5.32 Å². The Morgan fingerprint density at radius 2 is 1.65 bits per heavy atom. The van der Waals surface area contributed by atoms with Crippen molar-refractivity contribution in [1.29, 1.82) is 0 Å². The Kier molecular flexibility index (Phi) is 6.34. The predicted octanol–water partition coefficient (Wildman–Crippen LogP) is 8.04. The Labute approximate surface area is 216 Å². The van der Waals surface area contributed by atoms with Crippen LogP contribution in [0, 0.1) is 13.8 Å². The Morgan fingerprint density at radius 1 is 1.03 bits per heavy atom. The maximum atomic E-state index is 12.7. The molecule has 1 saturated carbocycles. The number of carbonyl (C=O) groups is 1. The van der Waals surface area contributed by atoms with Crippen LogP contribution in [0.15, 0.2) is 89.7 Å². The number of ether oxygens (including phenoxy) is 1. The minimum Gasteiger partial charge on any atom is -0.512 e. The maximum Gasteiger partial charge on any atom is 0.412 e. The molecule has 0 aliphatic heterocycles. The van der Waals surface area contributed by atoms with Gasteiger partial charge in [0.2, 0.25) is 0 Å². The van der Waals surface area contributed by atoms with Crippen molar-refractivity contribution in [2.24, 2.45) is 0 Å². The number of aliphatic hydroxyl groups excluding tert-OH is 1. The topological polar surface area (TPSA) is 84.6 Å². The summed E-state index contributed by atoms with van der Waals surface area (Å²) >= 11 is 0. The van der Waals surface area contributed by atoms with Crippen LogP contribution >= 0.6 is 0 Å². The molecule has 5 rings (SSSR count). The van der Waals surface area contributed by atoms with E-state index in [2.05, 4.69) is 41.3 Å². The number of benzene rings is 3. The number of nitrogens with one attached hydrogen (secondary N) is 1. The van der Waals surface area contributed by atoms with Crippen molar-refractivity contribution >= 4 is 11.8 Å². The summed E-state index contributed by atoms with van der Waals surface area (Å²) in [5.74, 6) is 0.710. The van der Waals surface area contributed by atoms with E-state index in [0.29, 0.717) is 17.1 Å². The molecule has 37 heavy (non-hydrogen) atoms. The first-order valence-corrected chi connectivity index (χ1v) is 12.4. The maximum absolute atomic E-state index is 12.7. The first-order valence-electron chi connectivity index (χ1n) is 12.4. The standard InChI is InChI=1S/C31H30N2O4/c1-19-6-5-7-26(18-19)21(3)36-30(35)32-28-20(2)33-37-29(28)25-10-8-23(9-11-25)24-12-14-27(15-13-24)31(16-17-31)22(4)34/h5-15,18,21,34H,4,16-17H2,1-3H3,(H,32,35)/t21-/m1/s1. The predicted molar refractivity (Wildman–Crippen MR) is 144 cm³/mol. The van der Waals surface area contributed by atoms with Crippen LogP contribution in [0.1, 0.15) is 48.3 Å². The highest BCUT2D eigenvalue weighted by atomic mass is 16.6. The third kappa shape index (κ3) is 4.87. The van der Waals surface area contributed by atoms with Crippen LogP contribution in [0.25, 0.3) is 22.5 Å². The van der Waals surface area contributed by atoms with E-state index in [-0.39, 0.29) is 11.2 Å². The highest BCUT2D eigenvalue weighted by molar-refractivity contribution is 5.91. The van der Waals surface area contributed by atoms with Crippen LogP contribution in [-0.4, -0.2) is 16.4 Å². The van der Waals surface area contributed by atoms with E-state index in [1.807, 2.05) is 62.4 Å². The summed E-state index contributed by atoms with van der Waals surface area (Å²) in [5, 5.41) is 16.8. The van der Waals surface area contributed by atoms with Crippen LogP contribution in [0.4, 0.5) is 10.5 Å². The normalized spacial score (nSPS) is 14.6. The Morgan fingerprint density at radius 3 is 2.24 bits per heavy atom. The lowest BCUT2D eigenvalue weighted by molar-refractivity contribution is 0.121. The van der Waals surface area contributed by atoms with Gasteiger partial charge in [-0.2, -0.15) is 0 Å². The number of allylic oxidation sites excluding steroid dienone is 1.